The predicted molar refractivity (Wildman–Crippen MR) is 111 cm³/mol. The Morgan fingerprint density at radius 3 is 2.22 bits per heavy atom. The van der Waals surface area contributed by atoms with Crippen LogP contribution in [-0.2, 0) is 5.41 Å². The standard InChI is InChI=1S/C22H32N4O/c1-22(2,3)19-7-9-20(10-8-19)27-18-5-4-13-25-14-16-26(17-15-25)21-23-11-6-12-24-21/h6-12H,4-5,13-18H2,1-3H3. The number of hydrogen-bond acceptors (Lipinski definition) is 5. The summed E-state index contributed by atoms with van der Waals surface area (Å²) in [6, 6.07) is 10.4. The Hall–Kier alpha value is -2.14. The maximum atomic E-state index is 5.89. The molecule has 5 nitrogen and oxygen atoms in total. The molecule has 5 heteroatoms. The van der Waals surface area contributed by atoms with Crippen molar-refractivity contribution < 1.29 is 4.74 Å². The van der Waals surface area contributed by atoms with Crippen molar-refractivity contribution in [3.8, 4) is 5.75 Å². The second kappa shape index (κ2) is 9.18. The van der Waals surface area contributed by atoms with Crippen molar-refractivity contribution in [2.24, 2.45) is 0 Å². The molecule has 0 atom stereocenters. The van der Waals surface area contributed by atoms with E-state index in [0.717, 1.165) is 57.4 Å². The fourth-order valence-electron chi connectivity index (χ4n) is 3.30. The van der Waals surface area contributed by atoms with E-state index in [4.69, 9.17) is 4.74 Å². The van der Waals surface area contributed by atoms with Gasteiger partial charge in [-0.1, -0.05) is 32.9 Å². The van der Waals surface area contributed by atoms with Crippen molar-refractivity contribution in [3.05, 3.63) is 48.3 Å². The summed E-state index contributed by atoms with van der Waals surface area (Å²) in [6.07, 6.45) is 5.88. The highest BCUT2D eigenvalue weighted by Gasteiger charge is 2.18. The van der Waals surface area contributed by atoms with E-state index in [1.807, 2.05) is 18.5 Å². The molecule has 1 fully saturated rings. The maximum absolute atomic E-state index is 5.89. The molecule has 1 aliphatic rings. The number of benzene rings is 1. The number of unbranched alkanes of at least 4 members (excludes halogenated alkanes) is 1. The van der Waals surface area contributed by atoms with Crippen molar-refractivity contribution >= 4 is 5.95 Å². The molecule has 1 saturated heterocycles. The van der Waals surface area contributed by atoms with Crippen molar-refractivity contribution in [2.45, 2.75) is 39.0 Å². The molecule has 2 heterocycles. The van der Waals surface area contributed by atoms with E-state index >= 15 is 0 Å². The summed E-state index contributed by atoms with van der Waals surface area (Å²) in [7, 11) is 0. The normalized spacial score (nSPS) is 15.7. The van der Waals surface area contributed by atoms with E-state index in [2.05, 4.69) is 64.8 Å². The van der Waals surface area contributed by atoms with Gasteiger partial charge < -0.3 is 9.64 Å². The van der Waals surface area contributed by atoms with Gasteiger partial charge in [0.05, 0.1) is 6.61 Å². The van der Waals surface area contributed by atoms with Crippen molar-refractivity contribution in [2.75, 3.05) is 44.2 Å². The minimum absolute atomic E-state index is 0.190. The van der Waals surface area contributed by atoms with Gasteiger partial charge in [0, 0.05) is 38.6 Å². The number of nitrogens with zero attached hydrogens (tertiary/aromatic N) is 4. The monoisotopic (exact) mass is 368 g/mol. The predicted octanol–water partition coefficient (Wildman–Crippen LogP) is 3.76. The summed E-state index contributed by atoms with van der Waals surface area (Å²) in [5.41, 5.74) is 1.53. The fraction of sp³-hybridized carbons (Fsp3) is 0.545. The highest BCUT2D eigenvalue weighted by atomic mass is 16.5. The molecule has 0 unspecified atom stereocenters. The molecule has 1 aromatic heterocycles. The van der Waals surface area contributed by atoms with Crippen LogP contribution in [0.3, 0.4) is 0 Å². The van der Waals surface area contributed by atoms with Gasteiger partial charge in [-0.25, -0.2) is 9.97 Å². The van der Waals surface area contributed by atoms with E-state index in [0.29, 0.717) is 0 Å². The van der Waals surface area contributed by atoms with Crippen LogP contribution in [0.15, 0.2) is 42.7 Å². The quantitative estimate of drug-likeness (QED) is 0.696. The second-order valence-electron chi connectivity index (χ2n) is 8.21. The Balaban J connectivity index is 1.30. The van der Waals surface area contributed by atoms with Gasteiger partial charge in [0.15, 0.2) is 0 Å². The minimum atomic E-state index is 0.190. The van der Waals surface area contributed by atoms with Crippen LogP contribution in [0.4, 0.5) is 5.95 Å². The molecule has 0 saturated carbocycles. The maximum Gasteiger partial charge on any atom is 0.225 e. The van der Waals surface area contributed by atoms with E-state index in [-0.39, 0.29) is 5.41 Å². The van der Waals surface area contributed by atoms with Crippen LogP contribution in [-0.4, -0.2) is 54.2 Å². The summed E-state index contributed by atoms with van der Waals surface area (Å²) in [4.78, 5) is 13.5. The fourth-order valence-corrected chi connectivity index (χ4v) is 3.30. The molecule has 0 bridgehead atoms. The lowest BCUT2D eigenvalue weighted by atomic mass is 9.87. The van der Waals surface area contributed by atoms with Gasteiger partial charge in [0.25, 0.3) is 0 Å². The minimum Gasteiger partial charge on any atom is -0.494 e. The molecule has 0 spiro atoms. The van der Waals surface area contributed by atoms with Crippen molar-refractivity contribution in [1.82, 2.24) is 14.9 Å². The van der Waals surface area contributed by atoms with Gasteiger partial charge in [0.1, 0.15) is 5.75 Å². The van der Waals surface area contributed by atoms with Gasteiger partial charge in [-0.2, -0.15) is 0 Å². The second-order valence-corrected chi connectivity index (χ2v) is 8.21. The zero-order valence-corrected chi connectivity index (χ0v) is 16.9. The summed E-state index contributed by atoms with van der Waals surface area (Å²) >= 11 is 0. The lowest BCUT2D eigenvalue weighted by molar-refractivity contribution is 0.238. The van der Waals surface area contributed by atoms with E-state index < -0.39 is 0 Å². The third-order valence-corrected chi connectivity index (χ3v) is 5.07. The first-order valence-electron chi connectivity index (χ1n) is 10.00. The summed E-state index contributed by atoms with van der Waals surface area (Å²) < 4.78 is 5.89. The van der Waals surface area contributed by atoms with Crippen LogP contribution >= 0.6 is 0 Å². The van der Waals surface area contributed by atoms with E-state index in [1.165, 1.54) is 12.0 Å². The van der Waals surface area contributed by atoms with Gasteiger partial charge in [-0.3, -0.25) is 4.90 Å². The van der Waals surface area contributed by atoms with E-state index in [1.54, 1.807) is 0 Å². The van der Waals surface area contributed by atoms with Crippen LogP contribution in [0, 0.1) is 0 Å². The molecule has 1 aliphatic heterocycles. The Morgan fingerprint density at radius 2 is 1.59 bits per heavy atom. The first-order chi connectivity index (χ1) is 13.0. The zero-order chi connectivity index (χ0) is 19.1. The molecule has 0 aliphatic carbocycles. The molecule has 0 radical (unpaired) electrons. The summed E-state index contributed by atoms with van der Waals surface area (Å²) in [5.74, 6) is 1.82. The van der Waals surface area contributed by atoms with Gasteiger partial charge in [-0.05, 0) is 48.6 Å². The topological polar surface area (TPSA) is 41.5 Å². The number of ether oxygens (including phenoxy) is 1. The molecular weight excluding hydrogens is 336 g/mol. The average molecular weight is 369 g/mol. The number of rotatable bonds is 7. The third-order valence-electron chi connectivity index (χ3n) is 5.07. The summed E-state index contributed by atoms with van der Waals surface area (Å²) in [6.45, 7) is 12.8. The number of piperazine rings is 1. The lowest BCUT2D eigenvalue weighted by Crippen LogP contribution is -2.47. The highest BCUT2D eigenvalue weighted by Crippen LogP contribution is 2.24. The Labute approximate surface area is 163 Å². The number of anilines is 1. The molecule has 1 aromatic carbocycles. The Kier molecular flexibility index (Phi) is 6.67. The molecule has 0 amide bonds. The molecule has 0 N–H and O–H groups in total. The van der Waals surface area contributed by atoms with Crippen LogP contribution in [0.2, 0.25) is 0 Å². The smallest absolute Gasteiger partial charge is 0.225 e. The molecule has 146 valence electrons. The Bertz CT molecular complexity index is 674. The van der Waals surface area contributed by atoms with E-state index in [9.17, 15) is 0 Å². The number of aromatic nitrogens is 2. The zero-order valence-electron chi connectivity index (χ0n) is 16.9. The molecule has 27 heavy (non-hydrogen) atoms. The largest absolute Gasteiger partial charge is 0.494 e. The third kappa shape index (κ3) is 5.93. The van der Waals surface area contributed by atoms with Gasteiger partial charge in [-0.15, -0.1) is 0 Å². The number of hydrogen-bond donors (Lipinski definition) is 0. The molecule has 3 rings (SSSR count). The molecule has 2 aromatic rings. The first kappa shape index (κ1) is 19.6. The van der Waals surface area contributed by atoms with Crippen LogP contribution < -0.4 is 9.64 Å². The molecular formula is C22H32N4O. The highest BCUT2D eigenvalue weighted by molar-refractivity contribution is 5.31. The summed E-state index contributed by atoms with van der Waals surface area (Å²) in [5, 5.41) is 0. The van der Waals surface area contributed by atoms with Crippen LogP contribution in [0.25, 0.3) is 0 Å². The van der Waals surface area contributed by atoms with Crippen LogP contribution in [0.1, 0.15) is 39.2 Å². The Morgan fingerprint density at radius 1 is 0.926 bits per heavy atom. The first-order valence-corrected chi connectivity index (χ1v) is 10.00. The lowest BCUT2D eigenvalue weighted by Gasteiger charge is -2.34. The average Bonchev–Trinajstić information content (AvgIpc) is 2.69. The van der Waals surface area contributed by atoms with Gasteiger partial charge >= 0.3 is 0 Å². The van der Waals surface area contributed by atoms with Crippen LogP contribution in [0.5, 0.6) is 5.75 Å². The SMILES string of the molecule is CC(C)(C)c1ccc(OCCCCN2CCN(c3ncccn3)CC2)cc1. The van der Waals surface area contributed by atoms with Crippen molar-refractivity contribution in [3.63, 3.8) is 0 Å². The van der Waals surface area contributed by atoms with Crippen molar-refractivity contribution in [1.29, 1.82) is 0 Å². The van der Waals surface area contributed by atoms with Gasteiger partial charge in [0.2, 0.25) is 5.95 Å².